The fourth-order valence-corrected chi connectivity index (χ4v) is 4.26. The number of ether oxygens (including phenoxy) is 1. The first-order chi connectivity index (χ1) is 18.3. The lowest BCUT2D eigenvalue weighted by molar-refractivity contribution is -0.145. The third-order valence-electron chi connectivity index (χ3n) is 6.29. The molecule has 2 aromatic carbocycles. The van der Waals surface area contributed by atoms with E-state index in [1.54, 1.807) is 38.7 Å². The molecule has 3 amide bonds. The Hall–Kier alpha value is -3.61. The van der Waals surface area contributed by atoms with Crippen LogP contribution in [0.1, 0.15) is 84.0 Å². The highest BCUT2D eigenvalue weighted by Gasteiger charge is 2.37. The summed E-state index contributed by atoms with van der Waals surface area (Å²) in [5, 5.41) is 5.69. The molecule has 2 rings (SSSR count). The van der Waals surface area contributed by atoms with E-state index in [0.29, 0.717) is 24.4 Å². The number of hydrogen-bond acceptors (Lipinski definition) is 4. The largest absolute Gasteiger partial charge is 0.444 e. The van der Waals surface area contributed by atoms with E-state index in [1.807, 2.05) is 61.5 Å². The minimum absolute atomic E-state index is 0.275. The lowest BCUT2D eigenvalue weighted by Crippen LogP contribution is -2.54. The summed E-state index contributed by atoms with van der Waals surface area (Å²) in [7, 11) is 0. The normalized spacial score (nSPS) is 13.6. The van der Waals surface area contributed by atoms with Crippen LogP contribution in [-0.2, 0) is 20.9 Å². The van der Waals surface area contributed by atoms with Gasteiger partial charge in [-0.1, -0.05) is 75.0 Å². The van der Waals surface area contributed by atoms with Crippen molar-refractivity contribution in [2.75, 3.05) is 0 Å². The molecule has 0 fully saturated rings. The third kappa shape index (κ3) is 10.2. The Kier molecular flexibility index (Phi) is 11.8. The van der Waals surface area contributed by atoms with E-state index in [2.05, 4.69) is 31.1 Å². The average Bonchev–Trinajstić information content (AvgIpc) is 2.87. The van der Waals surface area contributed by atoms with E-state index in [0.717, 1.165) is 17.5 Å². The van der Waals surface area contributed by atoms with Gasteiger partial charge in [0, 0.05) is 12.6 Å². The standard InChI is InChI=1S/C32H45N3O4/c1-9-25-16-13-17-27(20-25)28(29(36)33-21-26-14-11-10-12-15-26)35(23(4)19-18-22(2)3)30(37)24(5)34-31(38)39-32(6,7)8/h9-17,20,22-24,28H,1,18-19,21H2,2-8H3,(H,33,36)(H,34,38). The Morgan fingerprint density at radius 1 is 0.974 bits per heavy atom. The predicted molar refractivity (Wildman–Crippen MR) is 157 cm³/mol. The molecule has 0 saturated heterocycles. The predicted octanol–water partition coefficient (Wildman–Crippen LogP) is 6.25. The molecule has 7 heteroatoms. The monoisotopic (exact) mass is 535 g/mol. The van der Waals surface area contributed by atoms with Crippen LogP contribution in [0.2, 0.25) is 0 Å². The zero-order chi connectivity index (χ0) is 29.2. The van der Waals surface area contributed by atoms with Gasteiger partial charge in [-0.05, 0) is 76.1 Å². The molecule has 0 heterocycles. The summed E-state index contributed by atoms with van der Waals surface area (Å²) in [6, 6.07) is 15.0. The van der Waals surface area contributed by atoms with Gasteiger partial charge in [-0.25, -0.2) is 4.79 Å². The smallest absolute Gasteiger partial charge is 0.408 e. The topological polar surface area (TPSA) is 87.7 Å². The van der Waals surface area contributed by atoms with Crippen LogP contribution in [0.25, 0.3) is 6.08 Å². The molecule has 0 saturated carbocycles. The van der Waals surface area contributed by atoms with Crippen LogP contribution in [-0.4, -0.2) is 40.5 Å². The van der Waals surface area contributed by atoms with Gasteiger partial charge < -0.3 is 20.3 Å². The second-order valence-electron chi connectivity index (χ2n) is 11.4. The van der Waals surface area contributed by atoms with Gasteiger partial charge in [-0.15, -0.1) is 0 Å². The maximum Gasteiger partial charge on any atom is 0.408 e. The van der Waals surface area contributed by atoms with E-state index >= 15 is 0 Å². The number of alkyl carbamates (subject to hydrolysis) is 1. The average molecular weight is 536 g/mol. The lowest BCUT2D eigenvalue weighted by Gasteiger charge is -2.38. The SMILES string of the molecule is C=Cc1cccc(C(C(=O)NCc2ccccc2)N(C(=O)C(C)NC(=O)OC(C)(C)C)C(C)CCC(C)C)c1. The van der Waals surface area contributed by atoms with Crippen molar-refractivity contribution >= 4 is 24.0 Å². The quantitative estimate of drug-likeness (QED) is 0.336. The molecule has 3 atom stereocenters. The minimum Gasteiger partial charge on any atom is -0.444 e. The highest BCUT2D eigenvalue weighted by Crippen LogP contribution is 2.28. The minimum atomic E-state index is -0.911. The molecule has 0 bridgehead atoms. The molecule has 0 aliphatic carbocycles. The van der Waals surface area contributed by atoms with Gasteiger partial charge in [-0.2, -0.15) is 0 Å². The molecule has 0 aliphatic heterocycles. The van der Waals surface area contributed by atoms with E-state index < -0.39 is 23.8 Å². The Morgan fingerprint density at radius 2 is 1.64 bits per heavy atom. The lowest BCUT2D eigenvalue weighted by atomic mass is 9.96. The van der Waals surface area contributed by atoms with Gasteiger partial charge in [0.25, 0.3) is 0 Å². The molecular formula is C32H45N3O4. The maximum atomic E-state index is 14.0. The molecule has 0 aromatic heterocycles. The van der Waals surface area contributed by atoms with Gasteiger partial charge in [0.15, 0.2) is 0 Å². The van der Waals surface area contributed by atoms with Crippen LogP contribution >= 0.6 is 0 Å². The maximum absolute atomic E-state index is 14.0. The fraction of sp³-hybridized carbons (Fsp3) is 0.469. The highest BCUT2D eigenvalue weighted by atomic mass is 16.6. The molecular weight excluding hydrogens is 490 g/mol. The zero-order valence-corrected chi connectivity index (χ0v) is 24.5. The summed E-state index contributed by atoms with van der Waals surface area (Å²) in [6.45, 7) is 17.3. The Morgan fingerprint density at radius 3 is 2.23 bits per heavy atom. The summed E-state index contributed by atoms with van der Waals surface area (Å²) in [5.41, 5.74) is 1.76. The molecule has 39 heavy (non-hydrogen) atoms. The van der Waals surface area contributed by atoms with Gasteiger partial charge in [0.05, 0.1) is 0 Å². The number of nitrogens with zero attached hydrogens (tertiary/aromatic N) is 1. The van der Waals surface area contributed by atoms with Crippen molar-refractivity contribution in [3.05, 3.63) is 77.9 Å². The van der Waals surface area contributed by atoms with Crippen LogP contribution in [0.4, 0.5) is 4.79 Å². The van der Waals surface area contributed by atoms with Gasteiger partial charge in [0.2, 0.25) is 11.8 Å². The van der Waals surface area contributed by atoms with Crippen molar-refractivity contribution in [1.82, 2.24) is 15.5 Å². The molecule has 0 spiro atoms. The molecule has 7 nitrogen and oxygen atoms in total. The van der Waals surface area contributed by atoms with E-state index in [1.165, 1.54) is 0 Å². The van der Waals surface area contributed by atoms with Gasteiger partial charge in [-0.3, -0.25) is 9.59 Å². The number of carbonyl (C=O) groups is 3. The van der Waals surface area contributed by atoms with Crippen LogP contribution < -0.4 is 10.6 Å². The number of rotatable bonds is 12. The molecule has 2 aromatic rings. The van der Waals surface area contributed by atoms with Crippen LogP contribution in [0.5, 0.6) is 0 Å². The van der Waals surface area contributed by atoms with Crippen molar-refractivity contribution in [3.63, 3.8) is 0 Å². The molecule has 212 valence electrons. The summed E-state index contributed by atoms with van der Waals surface area (Å²) < 4.78 is 5.38. The molecule has 0 radical (unpaired) electrons. The van der Waals surface area contributed by atoms with E-state index in [9.17, 15) is 14.4 Å². The van der Waals surface area contributed by atoms with Crippen molar-refractivity contribution in [2.45, 2.75) is 91.6 Å². The summed E-state index contributed by atoms with van der Waals surface area (Å²) in [5.74, 6) is -0.230. The van der Waals surface area contributed by atoms with Crippen LogP contribution in [0.3, 0.4) is 0 Å². The second kappa shape index (κ2) is 14.5. The summed E-state index contributed by atoms with van der Waals surface area (Å²) in [6.07, 6.45) is 2.61. The van der Waals surface area contributed by atoms with Crippen LogP contribution in [0.15, 0.2) is 61.2 Å². The number of carbonyl (C=O) groups excluding carboxylic acids is 3. The van der Waals surface area contributed by atoms with Gasteiger partial charge in [0.1, 0.15) is 17.7 Å². The number of amides is 3. The number of hydrogen-bond donors (Lipinski definition) is 2. The first-order valence-corrected chi connectivity index (χ1v) is 13.7. The van der Waals surface area contributed by atoms with Crippen molar-refractivity contribution in [1.29, 1.82) is 0 Å². The summed E-state index contributed by atoms with van der Waals surface area (Å²) >= 11 is 0. The van der Waals surface area contributed by atoms with Crippen molar-refractivity contribution in [2.24, 2.45) is 5.92 Å². The van der Waals surface area contributed by atoms with E-state index in [4.69, 9.17) is 4.74 Å². The highest BCUT2D eigenvalue weighted by molar-refractivity contribution is 5.92. The number of nitrogens with one attached hydrogen (secondary N) is 2. The van der Waals surface area contributed by atoms with Crippen LogP contribution in [0, 0.1) is 5.92 Å². The Labute approximate surface area is 234 Å². The molecule has 3 unspecified atom stereocenters. The van der Waals surface area contributed by atoms with Crippen molar-refractivity contribution < 1.29 is 19.1 Å². The third-order valence-corrected chi connectivity index (χ3v) is 6.29. The zero-order valence-electron chi connectivity index (χ0n) is 24.5. The Balaban J connectivity index is 2.48. The fourth-order valence-electron chi connectivity index (χ4n) is 4.26. The number of benzene rings is 2. The van der Waals surface area contributed by atoms with Gasteiger partial charge >= 0.3 is 6.09 Å². The molecule has 2 N–H and O–H groups in total. The van der Waals surface area contributed by atoms with E-state index in [-0.39, 0.29) is 17.9 Å². The second-order valence-corrected chi connectivity index (χ2v) is 11.4. The first-order valence-electron chi connectivity index (χ1n) is 13.7. The Bertz CT molecular complexity index is 1110. The first kappa shape index (κ1) is 31.6. The molecule has 0 aliphatic rings. The van der Waals surface area contributed by atoms with Crippen molar-refractivity contribution in [3.8, 4) is 0 Å². The summed E-state index contributed by atoms with van der Waals surface area (Å²) in [4.78, 5) is 42.0.